The van der Waals surface area contributed by atoms with Gasteiger partial charge in [-0.25, -0.2) is 0 Å². The van der Waals surface area contributed by atoms with Crippen LogP contribution in [0.3, 0.4) is 0 Å². The normalized spacial score (nSPS) is 33.0. The van der Waals surface area contributed by atoms with Crippen LogP contribution >= 0.6 is 0 Å². The first kappa shape index (κ1) is 11.6. The molecular formula is C14H24. The van der Waals surface area contributed by atoms with Crippen LogP contribution in [0.4, 0.5) is 0 Å². The summed E-state index contributed by atoms with van der Waals surface area (Å²) in [5.41, 5.74) is 2.32. The highest BCUT2D eigenvalue weighted by atomic mass is 14.7. The summed E-state index contributed by atoms with van der Waals surface area (Å²) in [4.78, 5) is 0. The van der Waals surface area contributed by atoms with E-state index in [1.165, 1.54) is 17.9 Å². The van der Waals surface area contributed by atoms with Crippen LogP contribution in [-0.2, 0) is 0 Å². The van der Waals surface area contributed by atoms with Crippen molar-refractivity contribution in [3.8, 4) is 0 Å². The fraction of sp³-hybridized carbons (Fsp3) is 0.714. The van der Waals surface area contributed by atoms with E-state index in [1.807, 2.05) is 6.08 Å². The highest BCUT2D eigenvalue weighted by Gasteiger charge is 2.67. The summed E-state index contributed by atoms with van der Waals surface area (Å²) in [6.07, 6.45) is 8.73. The zero-order valence-electron chi connectivity index (χ0n) is 10.1. The molecule has 0 heteroatoms. The second-order valence-corrected chi connectivity index (χ2v) is 5.16. The largest absolute Gasteiger partial charge is 0.102 e. The Balaban J connectivity index is 0.000000143. The summed E-state index contributed by atoms with van der Waals surface area (Å²) >= 11 is 0. The highest BCUT2D eigenvalue weighted by Crippen LogP contribution is 2.77. The van der Waals surface area contributed by atoms with Crippen molar-refractivity contribution < 1.29 is 0 Å². The molecule has 0 N–H and O–H groups in total. The van der Waals surface area contributed by atoms with Gasteiger partial charge in [0.1, 0.15) is 0 Å². The molecule has 0 amide bonds. The van der Waals surface area contributed by atoms with Crippen LogP contribution in [-0.4, -0.2) is 0 Å². The molecule has 0 aromatic carbocycles. The van der Waals surface area contributed by atoms with E-state index in [0.29, 0.717) is 5.92 Å². The van der Waals surface area contributed by atoms with E-state index < -0.39 is 0 Å². The molecule has 1 unspecified atom stereocenters. The third-order valence-corrected chi connectivity index (χ3v) is 3.52. The molecule has 0 nitrogen and oxygen atoms in total. The molecule has 14 heavy (non-hydrogen) atoms. The summed E-state index contributed by atoms with van der Waals surface area (Å²) < 4.78 is 0. The SMILES string of the molecule is C=CC(C)C=C(C)C.CCC12CC1C2. The van der Waals surface area contributed by atoms with Crippen LogP contribution < -0.4 is 0 Å². The van der Waals surface area contributed by atoms with Crippen molar-refractivity contribution in [2.45, 2.75) is 47.0 Å². The highest BCUT2D eigenvalue weighted by molar-refractivity contribution is 5.17. The minimum atomic E-state index is 0.528. The minimum absolute atomic E-state index is 0.528. The van der Waals surface area contributed by atoms with Gasteiger partial charge >= 0.3 is 0 Å². The maximum atomic E-state index is 3.67. The zero-order chi connectivity index (χ0) is 10.8. The molecule has 1 atom stereocenters. The lowest BCUT2D eigenvalue weighted by atomic mass is 10.1. The van der Waals surface area contributed by atoms with E-state index in [2.05, 4.69) is 40.3 Å². The third kappa shape index (κ3) is 3.01. The Morgan fingerprint density at radius 1 is 1.50 bits per heavy atom. The van der Waals surface area contributed by atoms with Crippen molar-refractivity contribution in [3.05, 3.63) is 24.3 Å². The van der Waals surface area contributed by atoms with Crippen molar-refractivity contribution in [1.82, 2.24) is 0 Å². The van der Waals surface area contributed by atoms with Crippen LogP contribution in [0.5, 0.6) is 0 Å². The predicted molar refractivity (Wildman–Crippen MR) is 64.2 cm³/mol. The first-order chi connectivity index (χ1) is 6.54. The maximum absolute atomic E-state index is 3.67. The van der Waals surface area contributed by atoms with E-state index >= 15 is 0 Å². The lowest BCUT2D eigenvalue weighted by Crippen LogP contribution is -1.80. The Labute approximate surface area is 89.1 Å². The van der Waals surface area contributed by atoms with Gasteiger partial charge < -0.3 is 0 Å². The average Bonchev–Trinajstić information content (AvgIpc) is 2.90. The van der Waals surface area contributed by atoms with Gasteiger partial charge in [-0.05, 0) is 43.9 Å². The molecule has 0 aliphatic heterocycles. The van der Waals surface area contributed by atoms with Crippen molar-refractivity contribution in [2.75, 3.05) is 0 Å². The van der Waals surface area contributed by atoms with E-state index in [0.717, 1.165) is 5.41 Å². The Bertz CT molecular complexity index is 224. The molecule has 0 radical (unpaired) electrons. The van der Waals surface area contributed by atoms with Gasteiger partial charge in [0.15, 0.2) is 0 Å². The number of allylic oxidation sites excluding steroid dienone is 3. The van der Waals surface area contributed by atoms with Crippen LogP contribution in [0.25, 0.3) is 0 Å². The lowest BCUT2D eigenvalue weighted by Gasteiger charge is -1.95. The smallest absolute Gasteiger partial charge is 0.00821 e. The van der Waals surface area contributed by atoms with Gasteiger partial charge in [0.25, 0.3) is 0 Å². The van der Waals surface area contributed by atoms with Gasteiger partial charge in [-0.1, -0.05) is 38.0 Å². The van der Waals surface area contributed by atoms with Crippen LogP contribution in [0.1, 0.15) is 47.0 Å². The first-order valence-electron chi connectivity index (χ1n) is 5.81. The number of hydrogen-bond acceptors (Lipinski definition) is 0. The summed E-state index contributed by atoms with van der Waals surface area (Å²) in [5, 5.41) is 0. The second-order valence-electron chi connectivity index (χ2n) is 5.16. The quantitative estimate of drug-likeness (QED) is 0.574. The zero-order valence-corrected chi connectivity index (χ0v) is 10.1. The monoisotopic (exact) mass is 192 g/mol. The molecule has 80 valence electrons. The summed E-state index contributed by atoms with van der Waals surface area (Å²) in [7, 11) is 0. The predicted octanol–water partition coefficient (Wildman–Crippen LogP) is 4.58. The number of rotatable bonds is 3. The number of hydrogen-bond donors (Lipinski definition) is 0. The van der Waals surface area contributed by atoms with Crippen LogP contribution in [0, 0.1) is 17.3 Å². The Morgan fingerprint density at radius 3 is 2.07 bits per heavy atom. The average molecular weight is 192 g/mol. The molecule has 0 saturated heterocycles. The molecular weight excluding hydrogens is 168 g/mol. The first-order valence-corrected chi connectivity index (χ1v) is 5.81. The summed E-state index contributed by atoms with van der Waals surface area (Å²) in [6.45, 7) is 12.3. The molecule has 2 aliphatic rings. The van der Waals surface area contributed by atoms with Gasteiger partial charge in [0.2, 0.25) is 0 Å². The van der Waals surface area contributed by atoms with Crippen LogP contribution in [0.15, 0.2) is 24.3 Å². The topological polar surface area (TPSA) is 0 Å². The Hall–Kier alpha value is -0.520. The fourth-order valence-corrected chi connectivity index (χ4v) is 1.97. The van der Waals surface area contributed by atoms with Crippen molar-refractivity contribution in [1.29, 1.82) is 0 Å². The minimum Gasteiger partial charge on any atom is -0.102 e. The molecule has 2 fully saturated rings. The molecule has 0 aromatic rings. The maximum Gasteiger partial charge on any atom is -0.00821 e. The third-order valence-electron chi connectivity index (χ3n) is 3.52. The molecule has 2 aliphatic carbocycles. The summed E-state index contributed by atoms with van der Waals surface area (Å²) in [6, 6.07) is 0. The van der Waals surface area contributed by atoms with E-state index in [-0.39, 0.29) is 0 Å². The van der Waals surface area contributed by atoms with Crippen LogP contribution in [0.2, 0.25) is 0 Å². The van der Waals surface area contributed by atoms with Gasteiger partial charge in [0.05, 0.1) is 0 Å². The van der Waals surface area contributed by atoms with E-state index in [9.17, 15) is 0 Å². The second kappa shape index (κ2) is 4.33. The van der Waals surface area contributed by atoms with E-state index in [4.69, 9.17) is 0 Å². The molecule has 0 bridgehead atoms. The van der Waals surface area contributed by atoms with Gasteiger partial charge in [-0.15, -0.1) is 6.58 Å². The van der Waals surface area contributed by atoms with Crippen molar-refractivity contribution >= 4 is 0 Å². The Morgan fingerprint density at radius 2 is 2.00 bits per heavy atom. The lowest BCUT2D eigenvalue weighted by molar-refractivity contribution is 0.623. The summed E-state index contributed by atoms with van der Waals surface area (Å²) in [5.74, 6) is 1.74. The standard InChI is InChI=1S/C8H14.C6H10/c1-5-8(4)6-7(2)3;1-2-6-3-5(6)4-6/h5-6,8H,1H2,2-4H3;5H,2-4H2,1H3. The van der Waals surface area contributed by atoms with Gasteiger partial charge in [-0.3, -0.25) is 0 Å². The van der Waals surface area contributed by atoms with Crippen molar-refractivity contribution in [3.63, 3.8) is 0 Å². The molecule has 2 rings (SSSR count). The fourth-order valence-electron chi connectivity index (χ4n) is 1.97. The molecule has 0 aromatic heterocycles. The molecule has 2 saturated carbocycles. The van der Waals surface area contributed by atoms with Gasteiger partial charge in [0, 0.05) is 0 Å². The van der Waals surface area contributed by atoms with Crippen molar-refractivity contribution in [2.24, 2.45) is 17.3 Å². The van der Waals surface area contributed by atoms with E-state index in [1.54, 1.807) is 12.8 Å². The molecule has 0 spiro atoms. The molecule has 0 heterocycles. The number of fused-ring (bicyclic) bond motifs is 1. The van der Waals surface area contributed by atoms with Gasteiger partial charge in [-0.2, -0.15) is 0 Å². The Kier molecular flexibility index (Phi) is 3.58.